The van der Waals surface area contributed by atoms with Gasteiger partial charge in [-0.15, -0.1) is 0 Å². The lowest BCUT2D eigenvalue weighted by molar-refractivity contribution is -0.141. The van der Waals surface area contributed by atoms with Crippen LogP contribution in [0.1, 0.15) is 62.3 Å². The number of aryl methyl sites for hydroxylation is 1. The second-order valence-corrected chi connectivity index (χ2v) is 9.94. The standard InChI is InChI=1S/C30H36N2O2/c1-22-14-12-13-19-26(22)21-32(23(2)29(34)31-30(3,4)5)28(33)20-27(24-15-8-6-9-16-24)25-17-10-7-11-18-25/h6-19,23,27H,20-21H2,1-5H3,(H,31,34). The smallest absolute Gasteiger partial charge is 0.242 e. The van der Waals surface area contributed by atoms with Crippen LogP contribution in [0.25, 0.3) is 0 Å². The second-order valence-electron chi connectivity index (χ2n) is 9.94. The molecular weight excluding hydrogens is 420 g/mol. The monoisotopic (exact) mass is 456 g/mol. The molecule has 178 valence electrons. The summed E-state index contributed by atoms with van der Waals surface area (Å²) in [5.74, 6) is -0.282. The molecule has 0 saturated carbocycles. The highest BCUT2D eigenvalue weighted by molar-refractivity contribution is 5.88. The minimum absolute atomic E-state index is 0.0440. The van der Waals surface area contributed by atoms with E-state index < -0.39 is 6.04 Å². The number of hydrogen-bond donors (Lipinski definition) is 1. The number of amides is 2. The summed E-state index contributed by atoms with van der Waals surface area (Å²) in [6.45, 7) is 10.1. The van der Waals surface area contributed by atoms with Crippen LogP contribution in [-0.2, 0) is 16.1 Å². The summed E-state index contributed by atoms with van der Waals surface area (Å²) in [6, 6.07) is 27.6. The fourth-order valence-electron chi connectivity index (χ4n) is 4.12. The van der Waals surface area contributed by atoms with Gasteiger partial charge in [-0.05, 0) is 56.9 Å². The average Bonchev–Trinajstić information content (AvgIpc) is 2.81. The van der Waals surface area contributed by atoms with Gasteiger partial charge < -0.3 is 10.2 Å². The molecule has 0 aliphatic carbocycles. The van der Waals surface area contributed by atoms with Gasteiger partial charge in [0.05, 0.1) is 0 Å². The molecule has 1 unspecified atom stereocenters. The fourth-order valence-corrected chi connectivity index (χ4v) is 4.12. The van der Waals surface area contributed by atoms with Crippen molar-refractivity contribution in [3.8, 4) is 0 Å². The van der Waals surface area contributed by atoms with Gasteiger partial charge in [0.2, 0.25) is 11.8 Å². The van der Waals surface area contributed by atoms with Gasteiger partial charge in [-0.2, -0.15) is 0 Å². The van der Waals surface area contributed by atoms with Gasteiger partial charge in [0.25, 0.3) is 0 Å². The van der Waals surface area contributed by atoms with Gasteiger partial charge in [0.15, 0.2) is 0 Å². The first kappa shape index (κ1) is 25.2. The predicted molar refractivity (Wildman–Crippen MR) is 138 cm³/mol. The normalized spacial score (nSPS) is 12.3. The first-order valence-corrected chi connectivity index (χ1v) is 11.9. The maximum absolute atomic E-state index is 13.9. The highest BCUT2D eigenvalue weighted by atomic mass is 16.2. The van der Waals surface area contributed by atoms with Crippen molar-refractivity contribution in [3.05, 3.63) is 107 Å². The highest BCUT2D eigenvalue weighted by Crippen LogP contribution is 2.29. The molecule has 0 bridgehead atoms. The van der Waals surface area contributed by atoms with E-state index in [1.54, 1.807) is 4.90 Å². The summed E-state index contributed by atoms with van der Waals surface area (Å²) in [4.78, 5) is 28.7. The Kier molecular flexibility index (Phi) is 8.27. The Morgan fingerprint density at radius 2 is 1.32 bits per heavy atom. The van der Waals surface area contributed by atoms with Crippen molar-refractivity contribution in [1.29, 1.82) is 0 Å². The van der Waals surface area contributed by atoms with Gasteiger partial charge >= 0.3 is 0 Å². The molecule has 0 spiro atoms. The van der Waals surface area contributed by atoms with E-state index in [-0.39, 0.29) is 29.7 Å². The summed E-state index contributed by atoms with van der Waals surface area (Å²) >= 11 is 0. The second kappa shape index (κ2) is 11.1. The molecule has 4 heteroatoms. The van der Waals surface area contributed by atoms with E-state index in [0.717, 1.165) is 22.3 Å². The van der Waals surface area contributed by atoms with E-state index in [2.05, 4.69) is 29.6 Å². The number of nitrogens with one attached hydrogen (secondary N) is 1. The van der Waals surface area contributed by atoms with Crippen molar-refractivity contribution in [2.75, 3.05) is 0 Å². The zero-order valence-electron chi connectivity index (χ0n) is 20.9. The molecule has 34 heavy (non-hydrogen) atoms. The summed E-state index contributed by atoms with van der Waals surface area (Å²) < 4.78 is 0. The van der Waals surface area contributed by atoms with E-state index in [0.29, 0.717) is 6.54 Å². The van der Waals surface area contributed by atoms with Crippen LogP contribution in [0.3, 0.4) is 0 Å². The number of benzene rings is 3. The van der Waals surface area contributed by atoms with Crippen LogP contribution in [-0.4, -0.2) is 28.3 Å². The van der Waals surface area contributed by atoms with E-state index in [4.69, 9.17) is 0 Å². The highest BCUT2D eigenvalue weighted by Gasteiger charge is 2.30. The lowest BCUT2D eigenvalue weighted by Gasteiger charge is -2.33. The molecule has 3 aromatic carbocycles. The quantitative estimate of drug-likeness (QED) is 0.462. The van der Waals surface area contributed by atoms with Gasteiger partial charge in [0, 0.05) is 24.4 Å². The summed E-state index contributed by atoms with van der Waals surface area (Å²) in [5.41, 5.74) is 3.95. The molecule has 0 fully saturated rings. The molecule has 0 aromatic heterocycles. The molecule has 3 aromatic rings. The summed E-state index contributed by atoms with van der Waals surface area (Å²) in [7, 11) is 0. The van der Waals surface area contributed by atoms with Gasteiger partial charge in [0.1, 0.15) is 6.04 Å². The minimum atomic E-state index is -0.599. The largest absolute Gasteiger partial charge is 0.350 e. The topological polar surface area (TPSA) is 49.4 Å². The number of hydrogen-bond acceptors (Lipinski definition) is 2. The molecule has 4 nitrogen and oxygen atoms in total. The van der Waals surface area contributed by atoms with Crippen molar-refractivity contribution in [1.82, 2.24) is 10.2 Å². The van der Waals surface area contributed by atoms with Crippen LogP contribution in [0, 0.1) is 6.92 Å². The predicted octanol–water partition coefficient (Wildman–Crippen LogP) is 5.85. The number of carbonyl (C=O) groups is 2. The van der Waals surface area contributed by atoms with Gasteiger partial charge in [-0.1, -0.05) is 84.9 Å². The Morgan fingerprint density at radius 3 is 1.82 bits per heavy atom. The molecular formula is C30H36N2O2. The maximum Gasteiger partial charge on any atom is 0.242 e. The molecule has 0 heterocycles. The molecule has 3 rings (SSSR count). The Labute approximate surface area is 204 Å². The fraction of sp³-hybridized carbons (Fsp3) is 0.333. The first-order chi connectivity index (χ1) is 16.2. The Hall–Kier alpha value is -3.40. The maximum atomic E-state index is 13.9. The van der Waals surface area contributed by atoms with Crippen LogP contribution in [0.5, 0.6) is 0 Å². The summed E-state index contributed by atoms with van der Waals surface area (Å²) in [6.07, 6.45) is 0.285. The van der Waals surface area contributed by atoms with Crippen LogP contribution in [0.2, 0.25) is 0 Å². The van der Waals surface area contributed by atoms with Crippen LogP contribution in [0.15, 0.2) is 84.9 Å². The number of nitrogens with zero attached hydrogens (tertiary/aromatic N) is 1. The zero-order chi connectivity index (χ0) is 24.7. The van der Waals surface area contributed by atoms with Crippen LogP contribution >= 0.6 is 0 Å². The van der Waals surface area contributed by atoms with Crippen molar-refractivity contribution in [3.63, 3.8) is 0 Å². The summed E-state index contributed by atoms with van der Waals surface area (Å²) in [5, 5.41) is 3.04. The molecule has 0 aliphatic heterocycles. The molecule has 0 saturated heterocycles. The van der Waals surface area contributed by atoms with Gasteiger partial charge in [-0.25, -0.2) is 0 Å². The van der Waals surface area contributed by atoms with Crippen molar-refractivity contribution in [2.24, 2.45) is 0 Å². The lowest BCUT2D eigenvalue weighted by atomic mass is 9.88. The SMILES string of the molecule is Cc1ccccc1CN(C(=O)CC(c1ccccc1)c1ccccc1)C(C)C(=O)NC(C)(C)C. The van der Waals surface area contributed by atoms with E-state index in [9.17, 15) is 9.59 Å². The lowest BCUT2D eigenvalue weighted by Crippen LogP contribution is -2.52. The van der Waals surface area contributed by atoms with Crippen LogP contribution in [0.4, 0.5) is 0 Å². The van der Waals surface area contributed by atoms with Crippen molar-refractivity contribution in [2.45, 2.75) is 65.1 Å². The van der Waals surface area contributed by atoms with Crippen LogP contribution < -0.4 is 5.32 Å². The van der Waals surface area contributed by atoms with E-state index in [1.165, 1.54) is 0 Å². The third kappa shape index (κ3) is 6.80. The third-order valence-corrected chi connectivity index (χ3v) is 6.05. The third-order valence-electron chi connectivity index (χ3n) is 6.05. The first-order valence-electron chi connectivity index (χ1n) is 11.9. The molecule has 0 aliphatic rings. The average molecular weight is 457 g/mol. The number of carbonyl (C=O) groups excluding carboxylic acids is 2. The van der Waals surface area contributed by atoms with Crippen molar-refractivity contribution >= 4 is 11.8 Å². The molecule has 0 radical (unpaired) electrons. The number of rotatable bonds is 8. The molecule has 2 amide bonds. The molecule has 1 atom stereocenters. The zero-order valence-corrected chi connectivity index (χ0v) is 20.9. The molecule has 1 N–H and O–H groups in total. The Bertz CT molecular complexity index is 1050. The van der Waals surface area contributed by atoms with E-state index in [1.807, 2.05) is 95.3 Å². The van der Waals surface area contributed by atoms with Gasteiger partial charge in [-0.3, -0.25) is 9.59 Å². The van der Waals surface area contributed by atoms with Crippen molar-refractivity contribution < 1.29 is 9.59 Å². The Balaban J connectivity index is 1.94. The minimum Gasteiger partial charge on any atom is -0.350 e. The van der Waals surface area contributed by atoms with E-state index >= 15 is 0 Å². The Morgan fingerprint density at radius 1 is 0.824 bits per heavy atom.